The number of ether oxygens (including phenoxy) is 1. The normalized spacial score (nSPS) is 10.8. The molecule has 0 unspecified atom stereocenters. The fourth-order valence-electron chi connectivity index (χ4n) is 2.29. The van der Waals surface area contributed by atoms with E-state index >= 15 is 0 Å². The highest BCUT2D eigenvalue weighted by atomic mass is 32.3. The van der Waals surface area contributed by atoms with E-state index in [4.69, 9.17) is 27.4 Å². The van der Waals surface area contributed by atoms with E-state index in [0.29, 0.717) is 12.3 Å². The van der Waals surface area contributed by atoms with Crippen molar-refractivity contribution in [1.82, 2.24) is 0 Å². The van der Waals surface area contributed by atoms with Crippen molar-refractivity contribution in [2.45, 2.75) is 6.61 Å². The number of hydrazone groups is 1. The molecule has 0 heterocycles. The topological polar surface area (TPSA) is 146 Å². The van der Waals surface area contributed by atoms with Gasteiger partial charge in [0.1, 0.15) is 12.4 Å². The Hall–Kier alpha value is -3.73. The van der Waals surface area contributed by atoms with Gasteiger partial charge in [0, 0.05) is 0 Å². The zero-order chi connectivity index (χ0) is 22.7. The molecule has 0 atom stereocenters. The first-order chi connectivity index (χ1) is 14.7. The molecule has 0 aliphatic heterocycles. The number of carboxylic acids is 1. The van der Waals surface area contributed by atoms with Gasteiger partial charge in [0.15, 0.2) is 0 Å². The van der Waals surface area contributed by atoms with Crippen LogP contribution in [0.5, 0.6) is 5.75 Å². The maximum Gasteiger partial charge on any atom is 0.394 e. The molecule has 0 saturated heterocycles. The molecule has 31 heavy (non-hydrogen) atoms. The highest BCUT2D eigenvalue weighted by Gasteiger charge is 2.01. The van der Waals surface area contributed by atoms with Gasteiger partial charge in [0.25, 0.3) is 0 Å². The number of carboxylic acid groups (broad SMARTS) is 1. The quantitative estimate of drug-likeness (QED) is 0.245. The Kier molecular flexibility index (Phi) is 8.70. The van der Waals surface area contributed by atoms with E-state index in [1.54, 1.807) is 18.3 Å². The Bertz CT molecular complexity index is 1110. The van der Waals surface area contributed by atoms with Crippen LogP contribution in [0, 0.1) is 0 Å². The fourth-order valence-corrected chi connectivity index (χ4v) is 2.29. The minimum atomic E-state index is -4.67. The van der Waals surface area contributed by atoms with E-state index in [0.717, 1.165) is 16.9 Å². The summed E-state index contributed by atoms with van der Waals surface area (Å²) in [6.07, 6.45) is 1.68. The molecule has 0 bridgehead atoms. The van der Waals surface area contributed by atoms with Crippen LogP contribution >= 0.6 is 0 Å². The molecular formula is C21H20N2O7S. The lowest BCUT2D eigenvalue weighted by atomic mass is 10.2. The molecule has 3 aromatic rings. The van der Waals surface area contributed by atoms with Gasteiger partial charge >= 0.3 is 16.4 Å². The minimum absolute atomic E-state index is 0.239. The smallest absolute Gasteiger partial charge is 0.394 e. The Morgan fingerprint density at radius 1 is 0.968 bits per heavy atom. The van der Waals surface area contributed by atoms with Gasteiger partial charge in [-0.15, -0.1) is 0 Å². The zero-order valence-electron chi connectivity index (χ0n) is 16.1. The summed E-state index contributed by atoms with van der Waals surface area (Å²) in [5.41, 5.74) is 5.82. The Morgan fingerprint density at radius 3 is 2.23 bits per heavy atom. The molecule has 0 aromatic heterocycles. The maximum atomic E-state index is 10.8. The van der Waals surface area contributed by atoms with Gasteiger partial charge in [-0.3, -0.25) is 14.5 Å². The van der Waals surface area contributed by atoms with Crippen molar-refractivity contribution in [3.8, 4) is 5.75 Å². The first kappa shape index (κ1) is 23.5. The molecular weight excluding hydrogens is 424 g/mol. The van der Waals surface area contributed by atoms with Crippen molar-refractivity contribution in [2.24, 2.45) is 5.10 Å². The molecule has 162 valence electrons. The van der Waals surface area contributed by atoms with E-state index in [2.05, 4.69) is 10.5 Å². The van der Waals surface area contributed by atoms with Crippen LogP contribution in [0.1, 0.15) is 21.5 Å². The predicted octanol–water partition coefficient (Wildman–Crippen LogP) is 3.76. The van der Waals surface area contributed by atoms with E-state index in [9.17, 15) is 4.79 Å². The van der Waals surface area contributed by atoms with Gasteiger partial charge in [-0.25, -0.2) is 4.79 Å². The van der Waals surface area contributed by atoms with Crippen molar-refractivity contribution >= 4 is 28.3 Å². The summed E-state index contributed by atoms with van der Waals surface area (Å²) in [7, 11) is -4.67. The standard InChI is InChI=1S/C21H18N2O3.H2O4S/c24-21(25)18-9-11-19(12-10-18)23-22-14-17-7-4-8-20(13-17)26-15-16-5-2-1-3-6-16;1-5(2,3)4/h1-14,23H,15H2,(H,24,25);(H2,1,2,3,4)/b22-14+;. The second kappa shape index (κ2) is 11.5. The highest BCUT2D eigenvalue weighted by molar-refractivity contribution is 7.79. The number of nitrogens with zero attached hydrogens (tertiary/aromatic N) is 1. The molecule has 3 aromatic carbocycles. The third-order valence-electron chi connectivity index (χ3n) is 3.65. The molecule has 0 saturated carbocycles. The van der Waals surface area contributed by atoms with Gasteiger partial charge in [-0.2, -0.15) is 13.5 Å². The minimum Gasteiger partial charge on any atom is -0.489 e. The molecule has 0 aliphatic carbocycles. The van der Waals surface area contributed by atoms with Crippen LogP contribution in [0.3, 0.4) is 0 Å². The first-order valence-corrected chi connectivity index (χ1v) is 10.2. The molecule has 3 rings (SSSR count). The van der Waals surface area contributed by atoms with Crippen molar-refractivity contribution in [2.75, 3.05) is 5.43 Å². The van der Waals surface area contributed by atoms with Crippen LogP contribution in [-0.4, -0.2) is 34.8 Å². The maximum absolute atomic E-state index is 10.8. The van der Waals surface area contributed by atoms with Crippen LogP contribution in [0.25, 0.3) is 0 Å². The number of anilines is 1. The first-order valence-electron chi connectivity index (χ1n) is 8.80. The molecule has 0 amide bonds. The van der Waals surface area contributed by atoms with Crippen molar-refractivity contribution < 1.29 is 32.2 Å². The fraction of sp³-hybridized carbons (Fsp3) is 0.0476. The van der Waals surface area contributed by atoms with Crippen LogP contribution in [0.2, 0.25) is 0 Å². The monoisotopic (exact) mass is 444 g/mol. The number of hydrogen-bond donors (Lipinski definition) is 4. The summed E-state index contributed by atoms with van der Waals surface area (Å²) in [4.78, 5) is 10.8. The van der Waals surface area contributed by atoms with Crippen molar-refractivity contribution in [3.05, 3.63) is 95.6 Å². The Morgan fingerprint density at radius 2 is 1.61 bits per heavy atom. The van der Waals surface area contributed by atoms with Gasteiger partial charge < -0.3 is 9.84 Å². The molecule has 0 fully saturated rings. The van der Waals surface area contributed by atoms with Gasteiger partial charge in [0.2, 0.25) is 0 Å². The number of nitrogens with one attached hydrogen (secondary N) is 1. The Labute approximate surface area is 179 Å². The lowest BCUT2D eigenvalue weighted by molar-refractivity contribution is 0.0697. The molecule has 0 spiro atoms. The number of carbonyl (C=O) groups is 1. The summed E-state index contributed by atoms with van der Waals surface area (Å²) in [5, 5.41) is 13.0. The summed E-state index contributed by atoms with van der Waals surface area (Å²) >= 11 is 0. The molecule has 0 radical (unpaired) electrons. The zero-order valence-corrected chi connectivity index (χ0v) is 16.9. The predicted molar refractivity (Wildman–Crippen MR) is 116 cm³/mol. The van der Waals surface area contributed by atoms with E-state index in [1.807, 2.05) is 54.6 Å². The summed E-state index contributed by atoms with van der Waals surface area (Å²) < 4.78 is 37.4. The van der Waals surface area contributed by atoms with Crippen LogP contribution in [0.15, 0.2) is 84.0 Å². The van der Waals surface area contributed by atoms with Crippen molar-refractivity contribution in [1.29, 1.82) is 0 Å². The van der Waals surface area contributed by atoms with E-state index in [-0.39, 0.29) is 5.56 Å². The van der Waals surface area contributed by atoms with Crippen molar-refractivity contribution in [3.63, 3.8) is 0 Å². The van der Waals surface area contributed by atoms with E-state index < -0.39 is 16.4 Å². The van der Waals surface area contributed by atoms with Gasteiger partial charge in [-0.05, 0) is 47.5 Å². The molecule has 4 N–H and O–H groups in total. The van der Waals surface area contributed by atoms with Crippen LogP contribution in [-0.2, 0) is 17.0 Å². The summed E-state index contributed by atoms with van der Waals surface area (Å²) in [5.74, 6) is -0.184. The second-order valence-corrected chi connectivity index (χ2v) is 6.94. The average molecular weight is 444 g/mol. The SMILES string of the molecule is O=C(O)c1ccc(N/N=C/c2cccc(OCc3ccccc3)c2)cc1.O=S(=O)(O)O. The second-order valence-electron chi connectivity index (χ2n) is 6.05. The third-order valence-corrected chi connectivity index (χ3v) is 3.65. The van der Waals surface area contributed by atoms with E-state index in [1.165, 1.54) is 12.1 Å². The van der Waals surface area contributed by atoms with Gasteiger partial charge in [-0.1, -0.05) is 42.5 Å². The number of aromatic carboxylic acids is 1. The third kappa shape index (κ3) is 10.0. The summed E-state index contributed by atoms with van der Waals surface area (Å²) in [6.45, 7) is 0.510. The van der Waals surface area contributed by atoms with Gasteiger partial charge in [0.05, 0.1) is 17.5 Å². The van der Waals surface area contributed by atoms with Crippen LogP contribution < -0.4 is 10.2 Å². The number of hydrogen-bond acceptors (Lipinski definition) is 6. The number of rotatable bonds is 7. The summed E-state index contributed by atoms with van der Waals surface area (Å²) in [6, 6.07) is 24.0. The lowest BCUT2D eigenvalue weighted by Crippen LogP contribution is -1.97. The largest absolute Gasteiger partial charge is 0.489 e. The molecule has 0 aliphatic rings. The molecule has 10 heteroatoms. The van der Waals surface area contributed by atoms with Crippen LogP contribution in [0.4, 0.5) is 5.69 Å². The number of benzene rings is 3. The Balaban J connectivity index is 0.000000614. The molecule has 9 nitrogen and oxygen atoms in total. The lowest BCUT2D eigenvalue weighted by Gasteiger charge is -2.07. The average Bonchev–Trinajstić information content (AvgIpc) is 2.73. The highest BCUT2D eigenvalue weighted by Crippen LogP contribution is 2.15.